The molecular weight excluding hydrogens is 358 g/mol. The first-order valence-electron chi connectivity index (χ1n) is 9.58. The van der Waals surface area contributed by atoms with E-state index >= 15 is 0 Å². The summed E-state index contributed by atoms with van der Waals surface area (Å²) in [7, 11) is 0. The lowest BCUT2D eigenvalue weighted by molar-refractivity contribution is 0.137. The summed E-state index contributed by atoms with van der Waals surface area (Å²) in [4.78, 5) is 20.1. The van der Waals surface area contributed by atoms with Crippen LogP contribution < -0.4 is 15.5 Å². The number of fused-ring (bicyclic) bond motifs is 1. The summed E-state index contributed by atoms with van der Waals surface area (Å²) >= 11 is 0. The van der Waals surface area contributed by atoms with Gasteiger partial charge < -0.3 is 20.3 Å². The SMILES string of the molecule is CCOCCn1nc(C)c2nc(N3CCNCC3)nc(Nc3ccncn3)c21. The van der Waals surface area contributed by atoms with Crippen molar-refractivity contribution in [2.45, 2.75) is 20.4 Å². The molecule has 0 bridgehead atoms. The third-order valence-corrected chi connectivity index (χ3v) is 4.62. The van der Waals surface area contributed by atoms with E-state index in [1.807, 2.05) is 24.6 Å². The number of nitrogens with zero attached hydrogens (tertiary/aromatic N) is 7. The molecule has 1 aliphatic heterocycles. The van der Waals surface area contributed by atoms with Crippen LogP contribution in [0.25, 0.3) is 11.0 Å². The fraction of sp³-hybridized carbons (Fsp3) is 0.500. The molecule has 2 N–H and O–H groups in total. The maximum absolute atomic E-state index is 5.51. The maximum atomic E-state index is 5.51. The molecule has 0 aliphatic carbocycles. The van der Waals surface area contributed by atoms with Gasteiger partial charge in [0.25, 0.3) is 0 Å². The van der Waals surface area contributed by atoms with Crippen LogP contribution in [-0.2, 0) is 11.3 Å². The van der Waals surface area contributed by atoms with Gasteiger partial charge in [-0.15, -0.1) is 0 Å². The average molecular weight is 383 g/mol. The van der Waals surface area contributed by atoms with Gasteiger partial charge in [-0.2, -0.15) is 10.1 Å². The smallest absolute Gasteiger partial charge is 0.228 e. The number of aromatic nitrogens is 6. The van der Waals surface area contributed by atoms with Crippen molar-refractivity contribution in [2.24, 2.45) is 0 Å². The second-order valence-electron chi connectivity index (χ2n) is 6.53. The molecular formula is C18H25N9O. The Bertz CT molecular complexity index is 922. The molecule has 4 heterocycles. The lowest BCUT2D eigenvalue weighted by Gasteiger charge is -2.27. The molecule has 28 heavy (non-hydrogen) atoms. The maximum Gasteiger partial charge on any atom is 0.228 e. The van der Waals surface area contributed by atoms with Gasteiger partial charge in [0.05, 0.1) is 18.8 Å². The number of ether oxygens (including phenoxy) is 1. The molecule has 3 aromatic heterocycles. The van der Waals surface area contributed by atoms with Crippen LogP contribution in [0.4, 0.5) is 17.6 Å². The Morgan fingerprint density at radius 3 is 2.86 bits per heavy atom. The third-order valence-electron chi connectivity index (χ3n) is 4.62. The Kier molecular flexibility index (Phi) is 5.58. The van der Waals surface area contributed by atoms with Gasteiger partial charge in [-0.25, -0.2) is 15.0 Å². The molecule has 3 aromatic rings. The number of anilines is 3. The zero-order valence-electron chi connectivity index (χ0n) is 16.2. The van der Waals surface area contributed by atoms with Crippen molar-refractivity contribution in [1.82, 2.24) is 35.0 Å². The molecule has 10 heteroatoms. The minimum atomic E-state index is 0.583. The largest absolute Gasteiger partial charge is 0.380 e. The number of hydrogen-bond acceptors (Lipinski definition) is 9. The highest BCUT2D eigenvalue weighted by Crippen LogP contribution is 2.28. The van der Waals surface area contributed by atoms with Crippen LogP contribution in [0.3, 0.4) is 0 Å². The molecule has 10 nitrogen and oxygen atoms in total. The number of piperazine rings is 1. The zero-order chi connectivity index (χ0) is 19.3. The second kappa shape index (κ2) is 8.44. The zero-order valence-corrected chi connectivity index (χ0v) is 16.2. The highest BCUT2D eigenvalue weighted by molar-refractivity contribution is 5.90. The summed E-state index contributed by atoms with van der Waals surface area (Å²) in [5.74, 6) is 2.07. The molecule has 0 radical (unpaired) electrons. The first-order valence-corrected chi connectivity index (χ1v) is 9.58. The topological polar surface area (TPSA) is 106 Å². The first-order chi connectivity index (χ1) is 13.8. The van der Waals surface area contributed by atoms with E-state index in [2.05, 4.69) is 30.6 Å². The summed E-state index contributed by atoms with van der Waals surface area (Å²) in [5.41, 5.74) is 2.57. The van der Waals surface area contributed by atoms with E-state index in [1.165, 1.54) is 6.33 Å². The average Bonchev–Trinajstić information content (AvgIpc) is 3.05. The quantitative estimate of drug-likeness (QED) is 0.580. The number of aryl methyl sites for hydroxylation is 1. The van der Waals surface area contributed by atoms with E-state index < -0.39 is 0 Å². The first kappa shape index (κ1) is 18.5. The van der Waals surface area contributed by atoms with E-state index in [1.54, 1.807) is 6.20 Å². The number of rotatable bonds is 7. The summed E-state index contributed by atoms with van der Waals surface area (Å²) < 4.78 is 7.42. The van der Waals surface area contributed by atoms with Crippen molar-refractivity contribution < 1.29 is 4.74 Å². The van der Waals surface area contributed by atoms with Crippen LogP contribution in [0, 0.1) is 6.92 Å². The Labute approximate surface area is 163 Å². The number of hydrogen-bond donors (Lipinski definition) is 2. The van der Waals surface area contributed by atoms with Crippen LogP contribution in [0.2, 0.25) is 0 Å². The van der Waals surface area contributed by atoms with E-state index in [9.17, 15) is 0 Å². The van der Waals surface area contributed by atoms with Crippen LogP contribution in [-0.4, -0.2) is 69.1 Å². The second-order valence-corrected chi connectivity index (χ2v) is 6.53. The molecule has 0 spiro atoms. The molecule has 0 atom stereocenters. The fourth-order valence-corrected chi connectivity index (χ4v) is 3.25. The summed E-state index contributed by atoms with van der Waals surface area (Å²) in [6.45, 7) is 9.43. The van der Waals surface area contributed by atoms with Crippen LogP contribution in [0.15, 0.2) is 18.6 Å². The summed E-state index contributed by atoms with van der Waals surface area (Å²) in [5, 5.41) is 11.4. The molecule has 1 aliphatic rings. The lowest BCUT2D eigenvalue weighted by atomic mass is 10.3. The highest BCUT2D eigenvalue weighted by atomic mass is 16.5. The third kappa shape index (κ3) is 3.87. The van der Waals surface area contributed by atoms with Crippen molar-refractivity contribution in [3.63, 3.8) is 0 Å². The van der Waals surface area contributed by atoms with Crippen molar-refractivity contribution in [3.8, 4) is 0 Å². The monoisotopic (exact) mass is 383 g/mol. The van der Waals surface area contributed by atoms with Crippen molar-refractivity contribution in [1.29, 1.82) is 0 Å². The summed E-state index contributed by atoms with van der Waals surface area (Å²) in [6, 6.07) is 1.81. The van der Waals surface area contributed by atoms with Gasteiger partial charge in [-0.3, -0.25) is 4.68 Å². The molecule has 0 saturated carbocycles. The van der Waals surface area contributed by atoms with Crippen LogP contribution in [0.5, 0.6) is 0 Å². The normalized spacial score (nSPS) is 14.6. The van der Waals surface area contributed by atoms with E-state index in [4.69, 9.17) is 14.7 Å². The molecule has 1 fully saturated rings. The van der Waals surface area contributed by atoms with Crippen LogP contribution >= 0.6 is 0 Å². The van der Waals surface area contributed by atoms with E-state index in [0.717, 1.165) is 42.9 Å². The van der Waals surface area contributed by atoms with Gasteiger partial charge in [0, 0.05) is 39.0 Å². The van der Waals surface area contributed by atoms with Gasteiger partial charge in [0.1, 0.15) is 23.2 Å². The minimum Gasteiger partial charge on any atom is -0.380 e. The molecule has 148 valence electrons. The van der Waals surface area contributed by atoms with Crippen LogP contribution in [0.1, 0.15) is 12.6 Å². The minimum absolute atomic E-state index is 0.583. The number of nitrogens with one attached hydrogen (secondary N) is 2. The molecule has 0 unspecified atom stereocenters. The van der Waals surface area contributed by atoms with Crippen molar-refractivity contribution in [2.75, 3.05) is 49.6 Å². The van der Waals surface area contributed by atoms with Gasteiger partial charge in [-0.1, -0.05) is 0 Å². The molecule has 0 amide bonds. The Morgan fingerprint density at radius 1 is 1.25 bits per heavy atom. The van der Waals surface area contributed by atoms with Crippen molar-refractivity contribution >= 4 is 28.6 Å². The Morgan fingerprint density at radius 2 is 2.11 bits per heavy atom. The van der Waals surface area contributed by atoms with Gasteiger partial charge in [-0.05, 0) is 19.9 Å². The van der Waals surface area contributed by atoms with E-state index in [0.29, 0.717) is 37.3 Å². The Balaban J connectivity index is 1.78. The molecule has 4 rings (SSSR count). The predicted molar refractivity (Wildman–Crippen MR) is 107 cm³/mol. The van der Waals surface area contributed by atoms with Gasteiger partial charge >= 0.3 is 0 Å². The lowest BCUT2D eigenvalue weighted by Crippen LogP contribution is -2.44. The molecule has 0 aromatic carbocycles. The highest BCUT2D eigenvalue weighted by Gasteiger charge is 2.21. The summed E-state index contributed by atoms with van der Waals surface area (Å²) in [6.07, 6.45) is 3.21. The van der Waals surface area contributed by atoms with Crippen molar-refractivity contribution in [3.05, 3.63) is 24.3 Å². The predicted octanol–water partition coefficient (Wildman–Crippen LogP) is 1.11. The van der Waals surface area contributed by atoms with E-state index in [-0.39, 0.29) is 0 Å². The van der Waals surface area contributed by atoms with Gasteiger partial charge in [0.2, 0.25) is 5.95 Å². The Hall–Kier alpha value is -2.85. The van der Waals surface area contributed by atoms with Gasteiger partial charge in [0.15, 0.2) is 5.82 Å². The molecule has 1 saturated heterocycles. The fourth-order valence-electron chi connectivity index (χ4n) is 3.25. The standard InChI is InChI=1S/C18H25N9O/c1-3-28-11-10-27-16-15(13(2)25-27)23-18(26-8-6-19-7-9-26)24-17(16)22-14-4-5-20-12-21-14/h4-5,12,19H,3,6-11H2,1-2H3,(H,20,21,22,23,24).